The number of carbonyl (C=O) groups is 1. The van der Waals surface area contributed by atoms with Crippen molar-refractivity contribution in [1.82, 2.24) is 4.98 Å². The standard InChI is InChI=1S/C17H14ClN3O2/c1-23-13-8-6-12(7-9-13)21(18)17(22)20-16-10-11-19-15-5-3-2-4-14(15)16/h2-11H,1H3,(H,19,20,22). The molecule has 1 N–H and O–H groups in total. The van der Waals surface area contributed by atoms with Crippen molar-refractivity contribution in [3.8, 4) is 5.75 Å². The molecule has 0 fully saturated rings. The van der Waals surface area contributed by atoms with E-state index in [0.29, 0.717) is 17.1 Å². The number of pyridine rings is 1. The Labute approximate surface area is 138 Å². The molecule has 0 atom stereocenters. The first-order valence-electron chi connectivity index (χ1n) is 6.94. The summed E-state index contributed by atoms with van der Waals surface area (Å²) in [6, 6.07) is 15.7. The third kappa shape index (κ3) is 3.19. The van der Waals surface area contributed by atoms with Gasteiger partial charge in [-0.05, 0) is 36.4 Å². The molecule has 0 aliphatic rings. The molecular weight excluding hydrogens is 314 g/mol. The van der Waals surface area contributed by atoms with Crippen molar-refractivity contribution >= 4 is 40.1 Å². The monoisotopic (exact) mass is 327 g/mol. The molecule has 0 aliphatic heterocycles. The maximum Gasteiger partial charge on any atom is 0.341 e. The number of para-hydroxylation sites is 1. The van der Waals surface area contributed by atoms with E-state index in [0.717, 1.165) is 15.3 Å². The first kappa shape index (κ1) is 15.1. The second-order valence-corrected chi connectivity index (χ2v) is 5.12. The van der Waals surface area contributed by atoms with Gasteiger partial charge in [-0.3, -0.25) is 4.98 Å². The van der Waals surface area contributed by atoms with Gasteiger partial charge in [0.05, 0.1) is 24.0 Å². The third-order valence-electron chi connectivity index (χ3n) is 3.37. The number of halogens is 1. The Kier molecular flexibility index (Phi) is 4.30. The summed E-state index contributed by atoms with van der Waals surface area (Å²) in [7, 11) is 1.58. The molecule has 1 heterocycles. The fraction of sp³-hybridized carbons (Fsp3) is 0.0588. The summed E-state index contributed by atoms with van der Waals surface area (Å²) in [5.74, 6) is 0.694. The van der Waals surface area contributed by atoms with Gasteiger partial charge in [-0.2, -0.15) is 0 Å². The fourth-order valence-electron chi connectivity index (χ4n) is 2.20. The minimum atomic E-state index is -0.451. The Bertz CT molecular complexity index is 831. The Morgan fingerprint density at radius 3 is 2.61 bits per heavy atom. The summed E-state index contributed by atoms with van der Waals surface area (Å²) in [5.41, 5.74) is 2.00. The molecule has 3 rings (SSSR count). The van der Waals surface area contributed by atoms with Crippen LogP contribution in [-0.4, -0.2) is 18.1 Å². The largest absolute Gasteiger partial charge is 0.497 e. The summed E-state index contributed by atoms with van der Waals surface area (Å²) >= 11 is 6.12. The number of hydrogen-bond acceptors (Lipinski definition) is 3. The van der Waals surface area contributed by atoms with E-state index < -0.39 is 6.03 Å². The minimum absolute atomic E-state index is 0.451. The number of aromatic nitrogens is 1. The van der Waals surface area contributed by atoms with Gasteiger partial charge in [-0.15, -0.1) is 0 Å². The molecule has 3 aromatic rings. The van der Waals surface area contributed by atoms with Gasteiger partial charge in [0.2, 0.25) is 0 Å². The van der Waals surface area contributed by atoms with Crippen LogP contribution in [0.4, 0.5) is 16.2 Å². The lowest BCUT2D eigenvalue weighted by Crippen LogP contribution is -2.26. The van der Waals surface area contributed by atoms with Gasteiger partial charge in [0, 0.05) is 23.4 Å². The minimum Gasteiger partial charge on any atom is -0.497 e. The SMILES string of the molecule is COc1ccc(N(Cl)C(=O)Nc2ccnc3ccccc23)cc1. The highest BCUT2D eigenvalue weighted by Crippen LogP contribution is 2.24. The van der Waals surface area contributed by atoms with Crippen molar-refractivity contribution in [2.75, 3.05) is 16.8 Å². The average Bonchev–Trinajstić information content (AvgIpc) is 2.61. The van der Waals surface area contributed by atoms with Crippen LogP contribution in [-0.2, 0) is 0 Å². The van der Waals surface area contributed by atoms with Crippen molar-refractivity contribution in [3.63, 3.8) is 0 Å². The zero-order chi connectivity index (χ0) is 16.2. The number of fused-ring (bicyclic) bond motifs is 1. The van der Waals surface area contributed by atoms with Crippen molar-refractivity contribution < 1.29 is 9.53 Å². The molecule has 2 aromatic carbocycles. The molecule has 0 unspecified atom stereocenters. The van der Waals surface area contributed by atoms with Crippen LogP contribution in [0.1, 0.15) is 0 Å². The Morgan fingerprint density at radius 1 is 1.13 bits per heavy atom. The molecule has 0 bridgehead atoms. The quantitative estimate of drug-likeness (QED) is 0.724. The normalized spacial score (nSPS) is 10.3. The maximum atomic E-state index is 12.3. The van der Waals surface area contributed by atoms with Gasteiger partial charge in [-0.1, -0.05) is 18.2 Å². The predicted molar refractivity (Wildman–Crippen MR) is 92.1 cm³/mol. The molecule has 0 spiro atoms. The molecule has 23 heavy (non-hydrogen) atoms. The molecule has 6 heteroatoms. The number of hydrogen-bond donors (Lipinski definition) is 1. The summed E-state index contributed by atoms with van der Waals surface area (Å²) in [5, 5.41) is 3.65. The van der Waals surface area contributed by atoms with Crippen LogP contribution in [0.3, 0.4) is 0 Å². The number of amides is 2. The number of ether oxygens (including phenoxy) is 1. The number of nitrogens with one attached hydrogen (secondary N) is 1. The molecular formula is C17H14ClN3O2. The molecule has 0 saturated heterocycles. The van der Waals surface area contributed by atoms with E-state index in [1.807, 2.05) is 24.3 Å². The number of carbonyl (C=O) groups excluding carboxylic acids is 1. The zero-order valence-corrected chi connectivity index (χ0v) is 13.1. The third-order valence-corrected chi connectivity index (χ3v) is 3.72. The van der Waals surface area contributed by atoms with Gasteiger partial charge in [0.25, 0.3) is 0 Å². The molecule has 1 aromatic heterocycles. The molecule has 0 aliphatic carbocycles. The second kappa shape index (κ2) is 6.54. The Morgan fingerprint density at radius 2 is 1.87 bits per heavy atom. The Balaban J connectivity index is 1.82. The van der Waals surface area contributed by atoms with Crippen LogP contribution in [0, 0.1) is 0 Å². The van der Waals surface area contributed by atoms with Crippen LogP contribution in [0.5, 0.6) is 5.75 Å². The number of benzene rings is 2. The summed E-state index contributed by atoms with van der Waals surface area (Å²) in [6.07, 6.45) is 1.64. The van der Waals surface area contributed by atoms with Crippen LogP contribution in [0.25, 0.3) is 10.9 Å². The second-order valence-electron chi connectivity index (χ2n) is 4.78. The summed E-state index contributed by atoms with van der Waals surface area (Å²) < 4.78 is 6.11. The molecule has 2 amide bonds. The highest BCUT2D eigenvalue weighted by atomic mass is 35.5. The van der Waals surface area contributed by atoms with Gasteiger partial charge in [0.15, 0.2) is 0 Å². The Hall–Kier alpha value is -2.79. The predicted octanol–water partition coefficient (Wildman–Crippen LogP) is 4.44. The highest BCUT2D eigenvalue weighted by Gasteiger charge is 2.15. The van der Waals surface area contributed by atoms with Crippen LogP contribution in [0.2, 0.25) is 0 Å². The van der Waals surface area contributed by atoms with E-state index in [2.05, 4.69) is 10.3 Å². The molecule has 0 saturated carbocycles. The van der Waals surface area contributed by atoms with Gasteiger partial charge in [-0.25, -0.2) is 9.21 Å². The van der Waals surface area contributed by atoms with E-state index >= 15 is 0 Å². The van der Waals surface area contributed by atoms with E-state index in [4.69, 9.17) is 16.5 Å². The number of nitrogens with zero attached hydrogens (tertiary/aromatic N) is 2. The number of urea groups is 1. The summed E-state index contributed by atoms with van der Waals surface area (Å²) in [6.45, 7) is 0. The van der Waals surface area contributed by atoms with Crippen molar-refractivity contribution in [3.05, 3.63) is 60.8 Å². The average molecular weight is 328 g/mol. The van der Waals surface area contributed by atoms with E-state index in [-0.39, 0.29) is 0 Å². The van der Waals surface area contributed by atoms with Gasteiger partial charge < -0.3 is 10.1 Å². The van der Waals surface area contributed by atoms with Crippen molar-refractivity contribution in [2.24, 2.45) is 0 Å². The topological polar surface area (TPSA) is 54.5 Å². The molecule has 0 radical (unpaired) electrons. The lowest BCUT2D eigenvalue weighted by Gasteiger charge is -2.16. The van der Waals surface area contributed by atoms with Crippen molar-refractivity contribution in [1.29, 1.82) is 0 Å². The first-order valence-corrected chi connectivity index (χ1v) is 7.27. The number of methoxy groups -OCH3 is 1. The van der Waals surface area contributed by atoms with Crippen LogP contribution < -0.4 is 14.5 Å². The number of anilines is 2. The maximum absolute atomic E-state index is 12.3. The lowest BCUT2D eigenvalue weighted by atomic mass is 10.2. The van der Waals surface area contributed by atoms with Crippen LogP contribution in [0.15, 0.2) is 60.8 Å². The van der Waals surface area contributed by atoms with Crippen LogP contribution >= 0.6 is 11.8 Å². The first-order chi connectivity index (χ1) is 11.2. The van der Waals surface area contributed by atoms with Crippen molar-refractivity contribution in [2.45, 2.75) is 0 Å². The molecule has 5 nitrogen and oxygen atoms in total. The summed E-state index contributed by atoms with van der Waals surface area (Å²) in [4.78, 5) is 16.6. The highest BCUT2D eigenvalue weighted by molar-refractivity contribution is 6.38. The number of rotatable bonds is 3. The molecule has 116 valence electrons. The zero-order valence-electron chi connectivity index (χ0n) is 12.4. The van der Waals surface area contributed by atoms with E-state index in [1.54, 1.807) is 43.6 Å². The van der Waals surface area contributed by atoms with Gasteiger partial charge in [0.1, 0.15) is 5.75 Å². The lowest BCUT2D eigenvalue weighted by molar-refractivity contribution is 0.260. The van der Waals surface area contributed by atoms with E-state index in [1.165, 1.54) is 0 Å². The van der Waals surface area contributed by atoms with Gasteiger partial charge >= 0.3 is 6.03 Å². The smallest absolute Gasteiger partial charge is 0.341 e. The fourth-order valence-corrected chi connectivity index (χ4v) is 2.35. The van der Waals surface area contributed by atoms with E-state index in [9.17, 15) is 4.79 Å².